The summed E-state index contributed by atoms with van der Waals surface area (Å²) < 4.78 is 4.63. The van der Waals surface area contributed by atoms with Crippen LogP contribution in [0, 0.1) is 0 Å². The molecule has 0 unspecified atom stereocenters. The lowest BCUT2D eigenvalue weighted by atomic mass is 9.89. The summed E-state index contributed by atoms with van der Waals surface area (Å²) in [6.45, 7) is 4.14. The van der Waals surface area contributed by atoms with Gasteiger partial charge in [-0.1, -0.05) is 13.8 Å². The molecule has 0 heterocycles. The Morgan fingerprint density at radius 2 is 1.92 bits per heavy atom. The van der Waals surface area contributed by atoms with Crippen LogP contribution in [0.3, 0.4) is 0 Å². The summed E-state index contributed by atoms with van der Waals surface area (Å²) in [5.74, 6) is -0.145. The lowest BCUT2D eigenvalue weighted by Crippen LogP contribution is -2.43. The first-order valence-electron chi connectivity index (χ1n) is 4.39. The van der Waals surface area contributed by atoms with E-state index in [1.54, 1.807) is 0 Å². The van der Waals surface area contributed by atoms with Gasteiger partial charge in [0.2, 0.25) is 0 Å². The fourth-order valence-electron chi connectivity index (χ4n) is 1.29. The van der Waals surface area contributed by atoms with Gasteiger partial charge < -0.3 is 10.1 Å². The molecule has 0 atom stereocenters. The van der Waals surface area contributed by atoms with Crippen LogP contribution in [-0.4, -0.2) is 25.7 Å². The van der Waals surface area contributed by atoms with Gasteiger partial charge in [0, 0.05) is 5.54 Å². The van der Waals surface area contributed by atoms with Gasteiger partial charge >= 0.3 is 5.97 Å². The number of carbonyl (C=O) groups is 1. The van der Waals surface area contributed by atoms with Crippen molar-refractivity contribution in [1.82, 2.24) is 5.32 Å². The second-order valence-corrected chi connectivity index (χ2v) is 2.99. The number of esters is 1. The maximum Gasteiger partial charge on any atom is 0.307 e. The molecule has 0 aliphatic carbocycles. The molecule has 0 bridgehead atoms. The molecule has 0 aliphatic heterocycles. The zero-order chi connectivity index (χ0) is 9.61. The van der Waals surface area contributed by atoms with Gasteiger partial charge in [0.1, 0.15) is 0 Å². The van der Waals surface area contributed by atoms with Crippen LogP contribution in [0.15, 0.2) is 0 Å². The van der Waals surface area contributed by atoms with Crippen LogP contribution in [-0.2, 0) is 9.53 Å². The van der Waals surface area contributed by atoms with E-state index in [-0.39, 0.29) is 11.5 Å². The van der Waals surface area contributed by atoms with Crippen molar-refractivity contribution in [2.45, 2.75) is 38.6 Å². The van der Waals surface area contributed by atoms with Crippen LogP contribution >= 0.6 is 0 Å². The average molecular weight is 173 g/mol. The van der Waals surface area contributed by atoms with Crippen molar-refractivity contribution < 1.29 is 9.53 Å². The van der Waals surface area contributed by atoms with Crippen molar-refractivity contribution in [2.75, 3.05) is 14.2 Å². The Labute approximate surface area is 74.5 Å². The first kappa shape index (κ1) is 11.4. The number of carbonyl (C=O) groups excluding carboxylic acids is 1. The molecule has 3 heteroatoms. The van der Waals surface area contributed by atoms with Crippen molar-refractivity contribution in [3.8, 4) is 0 Å². The summed E-state index contributed by atoms with van der Waals surface area (Å²) in [6.07, 6.45) is 2.33. The highest BCUT2D eigenvalue weighted by atomic mass is 16.5. The third-order valence-electron chi connectivity index (χ3n) is 2.59. The number of hydrogen-bond donors (Lipinski definition) is 1. The quantitative estimate of drug-likeness (QED) is 0.637. The molecule has 0 radical (unpaired) electrons. The van der Waals surface area contributed by atoms with Crippen LogP contribution in [0.2, 0.25) is 0 Å². The lowest BCUT2D eigenvalue weighted by Gasteiger charge is -2.29. The second kappa shape index (κ2) is 5.14. The summed E-state index contributed by atoms with van der Waals surface area (Å²) in [5.41, 5.74) is -0.0763. The minimum Gasteiger partial charge on any atom is -0.469 e. The number of rotatable bonds is 5. The number of nitrogens with one attached hydrogen (secondary N) is 1. The topological polar surface area (TPSA) is 38.3 Å². The summed E-state index contributed by atoms with van der Waals surface area (Å²) in [6, 6.07) is 0. The molecule has 72 valence electrons. The van der Waals surface area contributed by atoms with E-state index in [9.17, 15) is 4.79 Å². The fourth-order valence-corrected chi connectivity index (χ4v) is 1.29. The van der Waals surface area contributed by atoms with Gasteiger partial charge in [-0.05, 0) is 19.9 Å². The molecule has 3 nitrogen and oxygen atoms in total. The van der Waals surface area contributed by atoms with Crippen LogP contribution in [0.25, 0.3) is 0 Å². The Morgan fingerprint density at radius 1 is 1.42 bits per heavy atom. The monoisotopic (exact) mass is 173 g/mol. The Balaban J connectivity index is 4.19. The largest absolute Gasteiger partial charge is 0.469 e. The third kappa shape index (κ3) is 2.81. The molecule has 0 aromatic carbocycles. The molecule has 0 aliphatic rings. The number of ether oxygens (including phenoxy) is 1. The van der Waals surface area contributed by atoms with Gasteiger partial charge in [0.15, 0.2) is 0 Å². The minimum absolute atomic E-state index is 0.0763. The molecule has 1 N–H and O–H groups in total. The van der Waals surface area contributed by atoms with Gasteiger partial charge in [0.25, 0.3) is 0 Å². The van der Waals surface area contributed by atoms with Crippen molar-refractivity contribution in [1.29, 1.82) is 0 Å². The van der Waals surface area contributed by atoms with Crippen molar-refractivity contribution in [3.63, 3.8) is 0 Å². The SMILES string of the molecule is CCC(CC)(CC(=O)OC)NC. The van der Waals surface area contributed by atoms with Crippen molar-refractivity contribution in [3.05, 3.63) is 0 Å². The van der Waals surface area contributed by atoms with E-state index in [0.29, 0.717) is 6.42 Å². The summed E-state index contributed by atoms with van der Waals surface area (Å²) in [7, 11) is 3.31. The molecule has 0 rings (SSSR count). The molecule has 0 amide bonds. The Bertz CT molecular complexity index is 133. The highest BCUT2D eigenvalue weighted by molar-refractivity contribution is 5.70. The van der Waals surface area contributed by atoms with Gasteiger partial charge in [-0.2, -0.15) is 0 Å². The van der Waals surface area contributed by atoms with Gasteiger partial charge in [-0.15, -0.1) is 0 Å². The van der Waals surface area contributed by atoms with Gasteiger partial charge in [-0.25, -0.2) is 0 Å². The van der Waals surface area contributed by atoms with Crippen LogP contribution in [0.1, 0.15) is 33.1 Å². The third-order valence-corrected chi connectivity index (χ3v) is 2.59. The zero-order valence-corrected chi connectivity index (χ0v) is 8.44. The van der Waals surface area contributed by atoms with E-state index in [4.69, 9.17) is 0 Å². The first-order valence-corrected chi connectivity index (χ1v) is 4.39. The number of methoxy groups -OCH3 is 1. The van der Waals surface area contributed by atoms with E-state index < -0.39 is 0 Å². The normalized spacial score (nSPS) is 11.3. The van der Waals surface area contributed by atoms with Gasteiger partial charge in [0.05, 0.1) is 13.5 Å². The first-order chi connectivity index (χ1) is 5.64. The standard InChI is InChI=1S/C9H19NO2/c1-5-9(6-2,10-3)7-8(11)12-4/h10H,5-7H2,1-4H3. The minimum atomic E-state index is -0.145. The highest BCUT2D eigenvalue weighted by Gasteiger charge is 2.27. The van der Waals surface area contributed by atoms with E-state index in [2.05, 4.69) is 23.9 Å². The maximum atomic E-state index is 11.0. The summed E-state index contributed by atoms with van der Waals surface area (Å²) in [4.78, 5) is 11.0. The Morgan fingerprint density at radius 3 is 2.17 bits per heavy atom. The van der Waals surface area contributed by atoms with Crippen LogP contribution < -0.4 is 5.32 Å². The van der Waals surface area contributed by atoms with E-state index in [0.717, 1.165) is 12.8 Å². The summed E-state index contributed by atoms with van der Waals surface area (Å²) in [5, 5.41) is 3.18. The molecule has 0 saturated carbocycles. The number of hydrogen-bond acceptors (Lipinski definition) is 3. The van der Waals surface area contributed by atoms with Gasteiger partial charge in [-0.3, -0.25) is 4.79 Å². The fraction of sp³-hybridized carbons (Fsp3) is 0.889. The van der Waals surface area contributed by atoms with Crippen molar-refractivity contribution >= 4 is 5.97 Å². The molecule has 0 aromatic heterocycles. The second-order valence-electron chi connectivity index (χ2n) is 2.99. The van der Waals surface area contributed by atoms with Crippen LogP contribution in [0.5, 0.6) is 0 Å². The molecule has 12 heavy (non-hydrogen) atoms. The van der Waals surface area contributed by atoms with E-state index >= 15 is 0 Å². The molecule has 0 fully saturated rings. The smallest absolute Gasteiger partial charge is 0.307 e. The molecule has 0 aromatic rings. The lowest BCUT2D eigenvalue weighted by molar-refractivity contribution is -0.142. The predicted octanol–water partition coefficient (Wildman–Crippen LogP) is 1.33. The van der Waals surface area contributed by atoms with Crippen molar-refractivity contribution in [2.24, 2.45) is 0 Å². The molecular weight excluding hydrogens is 154 g/mol. The summed E-state index contributed by atoms with van der Waals surface area (Å²) >= 11 is 0. The Hall–Kier alpha value is -0.570. The maximum absolute atomic E-state index is 11.0. The van der Waals surface area contributed by atoms with E-state index in [1.165, 1.54) is 7.11 Å². The molecule has 0 saturated heterocycles. The van der Waals surface area contributed by atoms with Crippen LogP contribution in [0.4, 0.5) is 0 Å². The predicted molar refractivity (Wildman–Crippen MR) is 49.0 cm³/mol. The highest BCUT2D eigenvalue weighted by Crippen LogP contribution is 2.19. The molecule has 0 spiro atoms. The Kier molecular flexibility index (Phi) is 4.90. The zero-order valence-electron chi connectivity index (χ0n) is 8.44. The molecular formula is C9H19NO2. The average Bonchev–Trinajstić information content (AvgIpc) is 2.14. The van der Waals surface area contributed by atoms with E-state index in [1.807, 2.05) is 7.05 Å².